The summed E-state index contributed by atoms with van der Waals surface area (Å²) in [6.45, 7) is 4.11. The van der Waals surface area contributed by atoms with Crippen LogP contribution >= 0.6 is 11.6 Å². The average molecular weight is 315 g/mol. The van der Waals surface area contributed by atoms with Crippen LogP contribution in [0.2, 0.25) is 5.02 Å². The third-order valence-electron chi connectivity index (χ3n) is 2.86. The maximum atomic E-state index is 12.3. The van der Waals surface area contributed by atoms with Gasteiger partial charge in [0, 0.05) is 11.6 Å². The van der Waals surface area contributed by atoms with Gasteiger partial charge in [-0.1, -0.05) is 37.3 Å². The predicted octanol–water partition coefficient (Wildman–Crippen LogP) is 2.12. The standard InChI is InChI=1S/C14H19ClN2O2S/c1-3-12(4-2)17-20(18,19)14-8-7-11(6-5-9-16)10-13(14)15/h7-8,10,12,17H,3-4,9,16H2,1-2H3. The molecule has 0 fully saturated rings. The normalized spacial score (nSPS) is 11.2. The molecule has 6 heteroatoms. The highest BCUT2D eigenvalue weighted by molar-refractivity contribution is 7.89. The third-order valence-corrected chi connectivity index (χ3v) is 4.87. The lowest BCUT2D eigenvalue weighted by Crippen LogP contribution is -2.34. The van der Waals surface area contributed by atoms with Crippen LogP contribution < -0.4 is 10.5 Å². The summed E-state index contributed by atoms with van der Waals surface area (Å²) in [5.74, 6) is 5.51. The summed E-state index contributed by atoms with van der Waals surface area (Å²) in [4.78, 5) is 0.0735. The van der Waals surface area contributed by atoms with E-state index >= 15 is 0 Å². The molecule has 0 unspecified atom stereocenters. The minimum atomic E-state index is -3.61. The molecule has 0 aliphatic carbocycles. The molecule has 0 aromatic heterocycles. The van der Waals surface area contributed by atoms with Gasteiger partial charge in [0.15, 0.2) is 0 Å². The second-order valence-electron chi connectivity index (χ2n) is 4.29. The quantitative estimate of drug-likeness (QED) is 0.818. The van der Waals surface area contributed by atoms with Crippen LogP contribution in [-0.4, -0.2) is 21.0 Å². The van der Waals surface area contributed by atoms with E-state index in [1.165, 1.54) is 12.1 Å². The highest BCUT2D eigenvalue weighted by Crippen LogP contribution is 2.23. The first-order chi connectivity index (χ1) is 9.44. The van der Waals surface area contributed by atoms with E-state index in [0.29, 0.717) is 5.56 Å². The predicted molar refractivity (Wildman–Crippen MR) is 82.1 cm³/mol. The monoisotopic (exact) mass is 314 g/mol. The van der Waals surface area contributed by atoms with Crippen LogP contribution in [0.3, 0.4) is 0 Å². The molecule has 0 saturated heterocycles. The molecule has 0 aliphatic heterocycles. The van der Waals surface area contributed by atoms with Gasteiger partial charge >= 0.3 is 0 Å². The Bertz CT molecular complexity index is 614. The largest absolute Gasteiger partial charge is 0.320 e. The van der Waals surface area contributed by atoms with Crippen molar-refractivity contribution in [2.45, 2.75) is 37.6 Å². The van der Waals surface area contributed by atoms with Gasteiger partial charge in [0.25, 0.3) is 0 Å². The van der Waals surface area contributed by atoms with Gasteiger partial charge in [-0.15, -0.1) is 0 Å². The van der Waals surface area contributed by atoms with Crippen molar-refractivity contribution in [1.82, 2.24) is 4.72 Å². The number of sulfonamides is 1. The van der Waals surface area contributed by atoms with Crippen LogP contribution in [0.15, 0.2) is 23.1 Å². The SMILES string of the molecule is CCC(CC)NS(=O)(=O)c1ccc(C#CCN)cc1Cl. The van der Waals surface area contributed by atoms with E-state index in [4.69, 9.17) is 17.3 Å². The van der Waals surface area contributed by atoms with Crippen molar-refractivity contribution in [2.75, 3.05) is 6.54 Å². The van der Waals surface area contributed by atoms with Crippen LogP contribution in [-0.2, 0) is 10.0 Å². The lowest BCUT2D eigenvalue weighted by atomic mass is 10.2. The van der Waals surface area contributed by atoms with Gasteiger partial charge in [-0.3, -0.25) is 0 Å². The van der Waals surface area contributed by atoms with Gasteiger partial charge in [-0.25, -0.2) is 13.1 Å². The number of nitrogens with two attached hydrogens (primary N) is 1. The van der Waals surface area contributed by atoms with E-state index < -0.39 is 10.0 Å². The van der Waals surface area contributed by atoms with Gasteiger partial charge in [0.2, 0.25) is 10.0 Å². The summed E-state index contributed by atoms with van der Waals surface area (Å²) in [6, 6.07) is 4.53. The second kappa shape index (κ2) is 7.65. The molecule has 0 atom stereocenters. The molecule has 0 bridgehead atoms. The van der Waals surface area contributed by atoms with Crippen LogP contribution in [0.1, 0.15) is 32.3 Å². The zero-order valence-corrected chi connectivity index (χ0v) is 13.2. The maximum Gasteiger partial charge on any atom is 0.242 e. The summed E-state index contributed by atoms with van der Waals surface area (Å²) in [5.41, 5.74) is 5.93. The van der Waals surface area contributed by atoms with Crippen molar-refractivity contribution in [3.8, 4) is 11.8 Å². The van der Waals surface area contributed by atoms with Crippen molar-refractivity contribution in [3.63, 3.8) is 0 Å². The maximum absolute atomic E-state index is 12.3. The highest BCUT2D eigenvalue weighted by Gasteiger charge is 2.20. The Morgan fingerprint density at radius 3 is 2.50 bits per heavy atom. The highest BCUT2D eigenvalue weighted by atomic mass is 35.5. The number of hydrogen-bond donors (Lipinski definition) is 2. The lowest BCUT2D eigenvalue weighted by Gasteiger charge is -2.15. The van der Waals surface area contributed by atoms with Crippen LogP contribution in [0, 0.1) is 11.8 Å². The van der Waals surface area contributed by atoms with E-state index in [9.17, 15) is 8.42 Å². The number of rotatable bonds is 5. The molecule has 0 aliphatic rings. The molecule has 3 N–H and O–H groups in total. The minimum absolute atomic E-state index is 0.0735. The Hall–Kier alpha value is -1.06. The summed E-state index contributed by atoms with van der Waals surface area (Å²) >= 11 is 6.04. The molecule has 20 heavy (non-hydrogen) atoms. The van der Waals surface area contributed by atoms with Crippen LogP contribution in [0.25, 0.3) is 0 Å². The smallest absolute Gasteiger partial charge is 0.242 e. The molecular formula is C14H19ClN2O2S. The van der Waals surface area contributed by atoms with E-state index in [0.717, 1.165) is 12.8 Å². The first kappa shape index (κ1) is 17.0. The van der Waals surface area contributed by atoms with Gasteiger partial charge in [-0.05, 0) is 31.0 Å². The first-order valence-corrected chi connectivity index (χ1v) is 8.31. The van der Waals surface area contributed by atoms with Crippen molar-refractivity contribution in [1.29, 1.82) is 0 Å². The topological polar surface area (TPSA) is 72.2 Å². The number of hydrogen-bond acceptors (Lipinski definition) is 3. The Labute approximate surface area is 125 Å². The van der Waals surface area contributed by atoms with E-state index in [1.807, 2.05) is 13.8 Å². The Kier molecular flexibility index (Phi) is 6.50. The summed E-state index contributed by atoms with van der Waals surface area (Å²) in [5, 5.41) is 0.160. The van der Waals surface area contributed by atoms with E-state index in [2.05, 4.69) is 16.6 Å². The molecule has 1 aromatic rings. The van der Waals surface area contributed by atoms with E-state index in [-0.39, 0.29) is 22.5 Å². The minimum Gasteiger partial charge on any atom is -0.320 e. The fourth-order valence-electron chi connectivity index (χ4n) is 1.69. The summed E-state index contributed by atoms with van der Waals surface area (Å²) in [6.07, 6.45) is 1.46. The first-order valence-electron chi connectivity index (χ1n) is 6.45. The molecule has 0 amide bonds. The van der Waals surface area contributed by atoms with Crippen molar-refractivity contribution in [2.24, 2.45) is 5.73 Å². The summed E-state index contributed by atoms with van der Waals surface area (Å²) < 4.78 is 27.2. The molecule has 0 spiro atoms. The zero-order valence-electron chi connectivity index (χ0n) is 11.6. The molecule has 0 saturated carbocycles. The van der Waals surface area contributed by atoms with Gasteiger partial charge in [-0.2, -0.15) is 0 Å². The zero-order chi connectivity index (χ0) is 15.2. The summed E-state index contributed by atoms with van der Waals surface area (Å²) in [7, 11) is -3.61. The molecule has 110 valence electrons. The molecule has 1 rings (SSSR count). The molecule has 1 aromatic carbocycles. The van der Waals surface area contributed by atoms with Gasteiger partial charge < -0.3 is 5.73 Å². The van der Waals surface area contributed by atoms with Crippen LogP contribution in [0.5, 0.6) is 0 Å². The van der Waals surface area contributed by atoms with Crippen molar-refractivity contribution < 1.29 is 8.42 Å². The molecule has 0 heterocycles. The molecule has 0 radical (unpaired) electrons. The average Bonchev–Trinajstić information content (AvgIpc) is 2.42. The van der Waals surface area contributed by atoms with Gasteiger partial charge in [0.05, 0.1) is 11.6 Å². The van der Waals surface area contributed by atoms with Crippen molar-refractivity contribution >= 4 is 21.6 Å². The number of halogens is 1. The molecule has 4 nitrogen and oxygen atoms in total. The molecular weight excluding hydrogens is 296 g/mol. The second-order valence-corrected chi connectivity index (χ2v) is 6.38. The lowest BCUT2D eigenvalue weighted by molar-refractivity contribution is 0.530. The number of benzene rings is 1. The van der Waals surface area contributed by atoms with Crippen molar-refractivity contribution in [3.05, 3.63) is 28.8 Å². The van der Waals surface area contributed by atoms with Crippen LogP contribution in [0.4, 0.5) is 0 Å². The Morgan fingerprint density at radius 2 is 2.00 bits per heavy atom. The van der Waals surface area contributed by atoms with E-state index in [1.54, 1.807) is 6.07 Å². The fraction of sp³-hybridized carbons (Fsp3) is 0.429. The Balaban J connectivity index is 3.07. The van der Waals surface area contributed by atoms with Gasteiger partial charge in [0.1, 0.15) is 4.90 Å². The fourth-order valence-corrected chi connectivity index (χ4v) is 3.64. The number of nitrogens with one attached hydrogen (secondary N) is 1. The third kappa shape index (κ3) is 4.50. The Morgan fingerprint density at radius 1 is 1.35 bits per heavy atom.